The van der Waals surface area contributed by atoms with Gasteiger partial charge in [0.25, 0.3) is 0 Å². The fraction of sp³-hybridized carbons (Fsp3) is 0.533. The summed E-state index contributed by atoms with van der Waals surface area (Å²) in [5.74, 6) is 1.12. The van der Waals surface area contributed by atoms with Gasteiger partial charge in [0.2, 0.25) is 0 Å². The molecule has 102 valence electrons. The molecule has 0 radical (unpaired) electrons. The Labute approximate surface area is 114 Å². The van der Waals surface area contributed by atoms with Crippen molar-refractivity contribution in [3.63, 3.8) is 0 Å². The molecule has 0 unspecified atom stereocenters. The van der Waals surface area contributed by atoms with Crippen molar-refractivity contribution in [3.8, 4) is 0 Å². The molecule has 4 nitrogen and oxygen atoms in total. The number of nitrogens with zero attached hydrogens (tertiary/aromatic N) is 1. The number of rotatable bonds is 2. The van der Waals surface area contributed by atoms with Gasteiger partial charge in [-0.3, -0.25) is 4.99 Å². The highest BCUT2D eigenvalue weighted by molar-refractivity contribution is 5.92. The molecule has 3 rings (SSSR count). The van der Waals surface area contributed by atoms with Gasteiger partial charge in [0.05, 0.1) is 12.1 Å². The quantitative estimate of drug-likeness (QED) is 0.842. The van der Waals surface area contributed by atoms with Crippen LogP contribution in [0.15, 0.2) is 35.3 Å². The molecular weight excluding hydrogens is 238 g/mol. The standard InChI is InChI=1S/C15H21N3O/c1-2-4-13(5-3-1)12-17-14-15(18-9-8-16-14)6-10-19-11-7-15/h1-5,18H,6-12H2,(H,16,17). The maximum absolute atomic E-state index is 5.49. The van der Waals surface area contributed by atoms with E-state index >= 15 is 0 Å². The van der Waals surface area contributed by atoms with Gasteiger partial charge in [0.1, 0.15) is 5.84 Å². The Morgan fingerprint density at radius 1 is 1.21 bits per heavy atom. The smallest absolute Gasteiger partial charge is 0.117 e. The van der Waals surface area contributed by atoms with E-state index in [1.165, 1.54) is 5.56 Å². The van der Waals surface area contributed by atoms with E-state index in [4.69, 9.17) is 9.73 Å². The Balaban J connectivity index is 1.69. The second kappa shape index (κ2) is 5.72. The molecule has 0 bridgehead atoms. The lowest BCUT2D eigenvalue weighted by molar-refractivity contribution is 0.0595. The molecule has 1 aromatic rings. The van der Waals surface area contributed by atoms with Crippen molar-refractivity contribution in [1.82, 2.24) is 10.6 Å². The third-order valence-corrected chi connectivity index (χ3v) is 3.95. The van der Waals surface area contributed by atoms with E-state index in [0.717, 1.165) is 51.5 Å². The van der Waals surface area contributed by atoms with Crippen molar-refractivity contribution in [2.45, 2.75) is 24.9 Å². The summed E-state index contributed by atoms with van der Waals surface area (Å²) in [6, 6.07) is 10.5. The van der Waals surface area contributed by atoms with Crippen LogP contribution in [0.3, 0.4) is 0 Å². The molecule has 2 aliphatic heterocycles. The molecule has 1 spiro atoms. The maximum atomic E-state index is 5.49. The minimum atomic E-state index is 0.0191. The van der Waals surface area contributed by atoms with Gasteiger partial charge < -0.3 is 15.4 Å². The number of nitrogens with one attached hydrogen (secondary N) is 2. The average Bonchev–Trinajstić information content (AvgIpc) is 2.48. The first kappa shape index (κ1) is 12.6. The summed E-state index contributed by atoms with van der Waals surface area (Å²) in [5, 5.41) is 7.18. The van der Waals surface area contributed by atoms with Crippen LogP contribution in [0.4, 0.5) is 0 Å². The van der Waals surface area contributed by atoms with Crippen molar-refractivity contribution in [2.75, 3.05) is 26.3 Å². The molecule has 1 fully saturated rings. The predicted molar refractivity (Wildman–Crippen MR) is 76.4 cm³/mol. The third-order valence-electron chi connectivity index (χ3n) is 3.95. The van der Waals surface area contributed by atoms with Crippen LogP contribution in [0.2, 0.25) is 0 Å². The minimum Gasteiger partial charge on any atom is -0.381 e. The molecule has 19 heavy (non-hydrogen) atoms. The van der Waals surface area contributed by atoms with Gasteiger partial charge in [-0.15, -0.1) is 0 Å². The summed E-state index contributed by atoms with van der Waals surface area (Å²) in [4.78, 5) is 4.71. The lowest BCUT2D eigenvalue weighted by atomic mass is 9.87. The Kier molecular flexibility index (Phi) is 3.80. The van der Waals surface area contributed by atoms with Crippen LogP contribution in [0, 0.1) is 0 Å². The molecule has 1 saturated heterocycles. The summed E-state index contributed by atoms with van der Waals surface area (Å²) >= 11 is 0. The molecule has 0 atom stereocenters. The van der Waals surface area contributed by atoms with E-state index in [1.807, 2.05) is 6.07 Å². The van der Waals surface area contributed by atoms with Crippen molar-refractivity contribution < 1.29 is 4.74 Å². The lowest BCUT2D eigenvalue weighted by Gasteiger charge is -2.41. The highest BCUT2D eigenvalue weighted by Gasteiger charge is 2.38. The zero-order valence-corrected chi connectivity index (χ0v) is 11.2. The zero-order chi connectivity index (χ0) is 13.0. The number of aliphatic imine (C=N–C) groups is 1. The predicted octanol–water partition coefficient (Wildman–Crippen LogP) is 1.33. The van der Waals surface area contributed by atoms with E-state index in [9.17, 15) is 0 Å². The van der Waals surface area contributed by atoms with Gasteiger partial charge in [0, 0.05) is 26.3 Å². The Morgan fingerprint density at radius 3 is 2.79 bits per heavy atom. The summed E-state index contributed by atoms with van der Waals surface area (Å²) in [6.45, 7) is 4.30. The van der Waals surface area contributed by atoms with Gasteiger partial charge in [-0.05, 0) is 18.4 Å². The first-order valence-corrected chi connectivity index (χ1v) is 7.05. The zero-order valence-electron chi connectivity index (χ0n) is 11.2. The number of ether oxygens (including phenoxy) is 1. The number of benzene rings is 1. The van der Waals surface area contributed by atoms with Crippen molar-refractivity contribution in [2.24, 2.45) is 4.99 Å². The van der Waals surface area contributed by atoms with Crippen molar-refractivity contribution >= 4 is 5.84 Å². The van der Waals surface area contributed by atoms with Crippen LogP contribution in [0.1, 0.15) is 18.4 Å². The van der Waals surface area contributed by atoms with Crippen LogP contribution in [0.5, 0.6) is 0 Å². The van der Waals surface area contributed by atoms with E-state index in [-0.39, 0.29) is 5.54 Å². The number of amidine groups is 1. The summed E-state index contributed by atoms with van der Waals surface area (Å²) in [7, 11) is 0. The van der Waals surface area contributed by atoms with E-state index in [0.29, 0.717) is 0 Å². The Bertz CT molecular complexity index is 438. The normalized spacial score (nSPS) is 22.0. The molecule has 2 heterocycles. The van der Waals surface area contributed by atoms with E-state index < -0.39 is 0 Å². The average molecular weight is 259 g/mol. The summed E-state index contributed by atoms with van der Waals surface area (Å²) in [5.41, 5.74) is 1.31. The molecule has 0 aromatic heterocycles. The second-order valence-electron chi connectivity index (χ2n) is 5.19. The molecule has 2 N–H and O–H groups in total. The summed E-state index contributed by atoms with van der Waals surface area (Å²) in [6.07, 6.45) is 2.02. The number of hydrogen-bond donors (Lipinski definition) is 2. The van der Waals surface area contributed by atoms with Gasteiger partial charge in [0.15, 0.2) is 0 Å². The largest absolute Gasteiger partial charge is 0.381 e. The van der Waals surface area contributed by atoms with Crippen LogP contribution in [-0.2, 0) is 11.3 Å². The first-order valence-electron chi connectivity index (χ1n) is 7.05. The fourth-order valence-electron chi connectivity index (χ4n) is 2.84. The lowest BCUT2D eigenvalue weighted by Crippen LogP contribution is -2.62. The van der Waals surface area contributed by atoms with Gasteiger partial charge in [-0.2, -0.15) is 0 Å². The Hall–Kier alpha value is -1.39. The minimum absolute atomic E-state index is 0.0191. The fourth-order valence-corrected chi connectivity index (χ4v) is 2.84. The van der Waals surface area contributed by atoms with Crippen LogP contribution in [0.25, 0.3) is 0 Å². The van der Waals surface area contributed by atoms with Crippen LogP contribution < -0.4 is 10.6 Å². The van der Waals surface area contributed by atoms with Crippen LogP contribution in [-0.4, -0.2) is 37.7 Å². The molecule has 2 aliphatic rings. The van der Waals surface area contributed by atoms with E-state index in [2.05, 4.69) is 34.9 Å². The second-order valence-corrected chi connectivity index (χ2v) is 5.19. The molecular formula is C15H21N3O. The highest BCUT2D eigenvalue weighted by Crippen LogP contribution is 2.23. The Morgan fingerprint density at radius 2 is 2.00 bits per heavy atom. The van der Waals surface area contributed by atoms with Crippen LogP contribution >= 0.6 is 0 Å². The SMILES string of the molecule is c1ccc(CNC2=NCCNC23CCOCC3)cc1. The molecule has 0 aliphatic carbocycles. The summed E-state index contributed by atoms with van der Waals surface area (Å²) < 4.78 is 5.49. The van der Waals surface area contributed by atoms with Gasteiger partial charge in [-0.1, -0.05) is 30.3 Å². The molecule has 4 heteroatoms. The monoisotopic (exact) mass is 259 g/mol. The topological polar surface area (TPSA) is 45.7 Å². The first-order chi connectivity index (χ1) is 9.39. The van der Waals surface area contributed by atoms with Crippen molar-refractivity contribution in [3.05, 3.63) is 35.9 Å². The highest BCUT2D eigenvalue weighted by atomic mass is 16.5. The van der Waals surface area contributed by atoms with Crippen molar-refractivity contribution in [1.29, 1.82) is 0 Å². The third kappa shape index (κ3) is 2.80. The molecule has 0 amide bonds. The molecule has 0 saturated carbocycles. The van der Waals surface area contributed by atoms with Gasteiger partial charge in [-0.25, -0.2) is 0 Å². The maximum Gasteiger partial charge on any atom is 0.117 e. The van der Waals surface area contributed by atoms with E-state index in [1.54, 1.807) is 0 Å². The molecule has 1 aromatic carbocycles. The number of hydrogen-bond acceptors (Lipinski definition) is 4. The van der Waals surface area contributed by atoms with Gasteiger partial charge >= 0.3 is 0 Å².